The maximum atomic E-state index is 13.7. The van der Waals surface area contributed by atoms with Gasteiger partial charge >= 0.3 is 6.18 Å². The first kappa shape index (κ1) is 23.5. The van der Waals surface area contributed by atoms with E-state index in [-0.39, 0.29) is 11.1 Å². The molecule has 0 bridgehead atoms. The fourth-order valence-corrected chi connectivity index (χ4v) is 3.53. The van der Waals surface area contributed by atoms with Gasteiger partial charge in [0.25, 0.3) is 0 Å². The molecule has 2 aromatic carbocycles. The van der Waals surface area contributed by atoms with Gasteiger partial charge in [-0.2, -0.15) is 13.2 Å². The smallest absolute Gasteiger partial charge is 0.394 e. The van der Waals surface area contributed by atoms with E-state index in [1.54, 1.807) is 0 Å². The van der Waals surface area contributed by atoms with Gasteiger partial charge in [-0.05, 0) is 34.9 Å². The maximum absolute atomic E-state index is 13.7. The van der Waals surface area contributed by atoms with Gasteiger partial charge in [0.2, 0.25) is 0 Å². The first-order valence-electron chi connectivity index (χ1n) is 9.10. The van der Waals surface area contributed by atoms with Crippen LogP contribution >= 0.6 is 0 Å². The molecular weight excluding hydrogens is 431 g/mol. The van der Waals surface area contributed by atoms with E-state index in [1.165, 1.54) is 0 Å². The Hall–Kier alpha value is -2.15. The van der Waals surface area contributed by atoms with Crippen molar-refractivity contribution in [2.45, 2.75) is 42.8 Å². The molecule has 2 aromatic rings. The lowest BCUT2D eigenvalue weighted by Crippen LogP contribution is -2.60. The van der Waals surface area contributed by atoms with Gasteiger partial charge in [-0.25, -0.2) is 8.78 Å². The van der Waals surface area contributed by atoms with Crippen LogP contribution in [0.25, 0.3) is 11.1 Å². The highest BCUT2D eigenvalue weighted by Gasteiger charge is 2.48. The van der Waals surface area contributed by atoms with Crippen LogP contribution in [0.2, 0.25) is 0 Å². The van der Waals surface area contributed by atoms with Crippen molar-refractivity contribution in [3.05, 3.63) is 59.2 Å². The Morgan fingerprint density at radius 1 is 0.871 bits per heavy atom. The summed E-state index contributed by atoms with van der Waals surface area (Å²) in [6, 6.07) is 4.76. The molecule has 6 atom stereocenters. The van der Waals surface area contributed by atoms with Crippen molar-refractivity contribution in [3.63, 3.8) is 0 Å². The van der Waals surface area contributed by atoms with Crippen molar-refractivity contribution in [2.75, 3.05) is 6.61 Å². The standard InChI is InChI=1S/C20H19F5O6/c21-10-3-9(4-11(22)6-10)8-1-2-12(13(5-8)20(23,24)25)15(27)19-18(30)17(29)16(28)14(7-26)31-19/h1-6,14-19,26-30H,7H2/t14?,15-,16-,17+,18?,19-/m1/s1. The van der Waals surface area contributed by atoms with Crippen LogP contribution in [0.1, 0.15) is 17.2 Å². The normalized spacial score (nSPS) is 27.9. The van der Waals surface area contributed by atoms with Crippen LogP contribution < -0.4 is 0 Å². The van der Waals surface area contributed by atoms with Gasteiger partial charge in [-0.1, -0.05) is 12.1 Å². The fourth-order valence-electron chi connectivity index (χ4n) is 3.53. The summed E-state index contributed by atoms with van der Waals surface area (Å²) >= 11 is 0. The number of aliphatic hydroxyl groups is 5. The molecule has 31 heavy (non-hydrogen) atoms. The van der Waals surface area contributed by atoms with Gasteiger partial charge < -0.3 is 30.3 Å². The van der Waals surface area contributed by atoms with Crippen molar-refractivity contribution < 1.29 is 52.2 Å². The minimum absolute atomic E-state index is 0.170. The molecular formula is C20H19F5O6. The molecule has 0 aromatic heterocycles. The third kappa shape index (κ3) is 4.71. The molecule has 1 heterocycles. The topological polar surface area (TPSA) is 110 Å². The second kappa shape index (κ2) is 8.77. The Balaban J connectivity index is 2.04. The van der Waals surface area contributed by atoms with E-state index in [0.717, 1.165) is 24.3 Å². The number of aliphatic hydroxyl groups excluding tert-OH is 5. The van der Waals surface area contributed by atoms with Crippen molar-refractivity contribution >= 4 is 0 Å². The monoisotopic (exact) mass is 450 g/mol. The zero-order valence-corrected chi connectivity index (χ0v) is 15.7. The molecule has 0 spiro atoms. The van der Waals surface area contributed by atoms with E-state index < -0.39 is 72.2 Å². The van der Waals surface area contributed by atoms with E-state index in [0.29, 0.717) is 12.1 Å². The lowest BCUT2D eigenvalue weighted by atomic mass is 9.87. The molecule has 0 radical (unpaired) electrons. The van der Waals surface area contributed by atoms with Crippen LogP contribution in [0.4, 0.5) is 22.0 Å². The van der Waals surface area contributed by atoms with Crippen molar-refractivity contribution in [1.29, 1.82) is 0 Å². The Bertz CT molecular complexity index is 915. The molecule has 11 heteroatoms. The third-order valence-corrected chi connectivity index (χ3v) is 5.11. The molecule has 1 aliphatic rings. The van der Waals surface area contributed by atoms with Crippen molar-refractivity contribution in [3.8, 4) is 11.1 Å². The van der Waals surface area contributed by atoms with Gasteiger partial charge in [0.15, 0.2) is 0 Å². The average molecular weight is 450 g/mol. The van der Waals surface area contributed by atoms with Crippen LogP contribution in [-0.4, -0.2) is 62.7 Å². The fraction of sp³-hybridized carbons (Fsp3) is 0.400. The largest absolute Gasteiger partial charge is 0.416 e. The second-order valence-corrected chi connectivity index (χ2v) is 7.20. The van der Waals surface area contributed by atoms with Crippen LogP contribution in [0, 0.1) is 11.6 Å². The first-order chi connectivity index (χ1) is 14.4. The highest BCUT2D eigenvalue weighted by atomic mass is 19.4. The summed E-state index contributed by atoms with van der Waals surface area (Å²) in [6.07, 6.45) is -16.0. The summed E-state index contributed by atoms with van der Waals surface area (Å²) in [4.78, 5) is 0. The first-order valence-corrected chi connectivity index (χ1v) is 9.10. The van der Waals surface area contributed by atoms with Crippen LogP contribution in [0.5, 0.6) is 0 Å². The predicted octanol–water partition coefficient (Wildman–Crippen LogP) is 1.53. The molecule has 0 aliphatic carbocycles. The summed E-state index contributed by atoms with van der Waals surface area (Å²) in [6.45, 7) is -0.829. The van der Waals surface area contributed by atoms with Gasteiger partial charge in [-0.15, -0.1) is 0 Å². The van der Waals surface area contributed by atoms with E-state index >= 15 is 0 Å². The lowest BCUT2D eigenvalue weighted by molar-refractivity contribution is -0.250. The Morgan fingerprint density at radius 2 is 1.48 bits per heavy atom. The zero-order valence-electron chi connectivity index (χ0n) is 15.7. The lowest BCUT2D eigenvalue weighted by Gasteiger charge is -2.42. The summed E-state index contributed by atoms with van der Waals surface area (Å²) < 4.78 is 73.2. The van der Waals surface area contributed by atoms with Crippen molar-refractivity contribution in [1.82, 2.24) is 0 Å². The molecule has 170 valence electrons. The van der Waals surface area contributed by atoms with Gasteiger partial charge in [0, 0.05) is 6.07 Å². The second-order valence-electron chi connectivity index (χ2n) is 7.20. The number of hydrogen-bond donors (Lipinski definition) is 5. The van der Waals surface area contributed by atoms with E-state index in [2.05, 4.69) is 0 Å². The highest BCUT2D eigenvalue weighted by molar-refractivity contribution is 5.65. The minimum atomic E-state index is -5.01. The van der Waals surface area contributed by atoms with E-state index in [4.69, 9.17) is 4.74 Å². The van der Waals surface area contributed by atoms with Crippen LogP contribution in [0.3, 0.4) is 0 Å². The molecule has 6 nitrogen and oxygen atoms in total. The summed E-state index contributed by atoms with van der Waals surface area (Å²) in [5, 5.41) is 49.5. The van der Waals surface area contributed by atoms with Crippen molar-refractivity contribution in [2.24, 2.45) is 0 Å². The predicted molar refractivity (Wildman–Crippen MR) is 95.5 cm³/mol. The highest BCUT2D eigenvalue weighted by Crippen LogP contribution is 2.40. The Kier molecular flexibility index (Phi) is 6.65. The van der Waals surface area contributed by atoms with Crippen LogP contribution in [0.15, 0.2) is 36.4 Å². The molecule has 5 N–H and O–H groups in total. The van der Waals surface area contributed by atoms with Gasteiger partial charge in [-0.3, -0.25) is 0 Å². The zero-order chi connectivity index (χ0) is 23.1. The Labute approximate surface area is 172 Å². The van der Waals surface area contributed by atoms with E-state index in [9.17, 15) is 47.5 Å². The van der Waals surface area contributed by atoms with Crippen LogP contribution in [-0.2, 0) is 10.9 Å². The molecule has 0 amide bonds. The number of rotatable bonds is 4. The number of ether oxygens (including phenoxy) is 1. The number of alkyl halides is 3. The van der Waals surface area contributed by atoms with E-state index in [1.807, 2.05) is 0 Å². The Morgan fingerprint density at radius 3 is 2.03 bits per heavy atom. The molecule has 1 fully saturated rings. The quantitative estimate of drug-likeness (QED) is 0.452. The average Bonchev–Trinajstić information content (AvgIpc) is 2.70. The molecule has 2 unspecified atom stereocenters. The SMILES string of the molecule is OCC1O[C@H]([C@H](O)c2ccc(-c3cc(F)cc(F)c3)cc2C(F)(F)F)C(O)[C@@H](O)[C@@H]1O. The number of halogens is 5. The minimum Gasteiger partial charge on any atom is -0.394 e. The summed E-state index contributed by atoms with van der Waals surface area (Å²) in [5.74, 6) is -1.98. The molecule has 1 saturated heterocycles. The van der Waals surface area contributed by atoms with Gasteiger partial charge in [0.1, 0.15) is 48.3 Å². The summed E-state index contributed by atoms with van der Waals surface area (Å²) in [7, 11) is 0. The van der Waals surface area contributed by atoms with Gasteiger partial charge in [0.05, 0.1) is 12.2 Å². The third-order valence-electron chi connectivity index (χ3n) is 5.11. The number of hydrogen-bond acceptors (Lipinski definition) is 6. The molecule has 0 saturated carbocycles. The summed E-state index contributed by atoms with van der Waals surface area (Å²) in [5.41, 5.74) is -2.45. The molecule has 1 aliphatic heterocycles. The number of benzene rings is 2. The molecule has 3 rings (SSSR count). The maximum Gasteiger partial charge on any atom is 0.416 e.